The Labute approximate surface area is 156 Å². The Kier molecular flexibility index (Phi) is 5.59. The molecule has 27 heavy (non-hydrogen) atoms. The van der Waals surface area contributed by atoms with Crippen LogP contribution in [-0.4, -0.2) is 32.1 Å². The zero-order valence-corrected chi connectivity index (χ0v) is 15.2. The molecule has 0 saturated heterocycles. The van der Waals surface area contributed by atoms with E-state index in [0.29, 0.717) is 17.0 Å². The largest absolute Gasteiger partial charge is 0.494 e. The summed E-state index contributed by atoms with van der Waals surface area (Å²) >= 11 is 0. The van der Waals surface area contributed by atoms with Crippen molar-refractivity contribution in [3.8, 4) is 11.5 Å². The molecular weight excluding hydrogens is 351 g/mol. The molecule has 2 aromatic rings. The number of carbonyl (C=O) groups excluding carboxylic acids is 2. The number of methoxy groups -OCH3 is 1. The highest BCUT2D eigenvalue weighted by molar-refractivity contribution is 6.00. The third-order valence-electron chi connectivity index (χ3n) is 4.39. The molecule has 0 spiro atoms. The number of benzene rings is 2. The van der Waals surface area contributed by atoms with Crippen LogP contribution in [0.2, 0.25) is 0 Å². The number of nitrogens with zero attached hydrogens (tertiary/aromatic N) is 1. The van der Waals surface area contributed by atoms with Gasteiger partial charge >= 0.3 is 0 Å². The van der Waals surface area contributed by atoms with Crippen LogP contribution in [-0.2, 0) is 9.59 Å². The van der Waals surface area contributed by atoms with Crippen LogP contribution in [0.1, 0.15) is 24.9 Å². The Morgan fingerprint density at radius 3 is 2.85 bits per heavy atom. The molecule has 1 aliphatic heterocycles. The molecule has 1 aliphatic rings. The standard InChI is InChI=1S/C20H21FN2O4/c1-13(14-7-8-17(26-2)15(21)11-14)22-19(24)12-23-16-5-3-4-6-18(16)27-10-9-20(23)25/h3-8,11,13H,9-10,12H2,1-2H3,(H,22,24)/t13-/m0/s1. The van der Waals surface area contributed by atoms with Gasteiger partial charge < -0.3 is 14.8 Å². The van der Waals surface area contributed by atoms with Gasteiger partial charge in [0.1, 0.15) is 12.3 Å². The lowest BCUT2D eigenvalue weighted by molar-refractivity contribution is -0.124. The Morgan fingerprint density at radius 2 is 2.11 bits per heavy atom. The van der Waals surface area contributed by atoms with Crippen LogP contribution in [0.15, 0.2) is 42.5 Å². The van der Waals surface area contributed by atoms with Crippen LogP contribution >= 0.6 is 0 Å². The zero-order valence-electron chi connectivity index (χ0n) is 15.2. The summed E-state index contributed by atoms with van der Waals surface area (Å²) in [5.74, 6) is -0.308. The molecule has 0 aliphatic carbocycles. The number of fused-ring (bicyclic) bond motifs is 1. The fourth-order valence-electron chi connectivity index (χ4n) is 2.96. The molecule has 0 unspecified atom stereocenters. The SMILES string of the molecule is COc1ccc([C@H](C)NC(=O)CN2C(=O)CCOc3ccccc32)cc1F. The average Bonchev–Trinajstić information content (AvgIpc) is 2.81. The maximum Gasteiger partial charge on any atom is 0.240 e. The van der Waals surface area contributed by atoms with E-state index < -0.39 is 11.9 Å². The van der Waals surface area contributed by atoms with E-state index >= 15 is 0 Å². The van der Waals surface area contributed by atoms with Gasteiger partial charge in [-0.3, -0.25) is 14.5 Å². The lowest BCUT2D eigenvalue weighted by atomic mass is 10.1. The molecule has 1 N–H and O–H groups in total. The highest BCUT2D eigenvalue weighted by Gasteiger charge is 2.25. The van der Waals surface area contributed by atoms with E-state index in [1.54, 1.807) is 31.2 Å². The predicted molar refractivity (Wildman–Crippen MR) is 98.4 cm³/mol. The summed E-state index contributed by atoms with van der Waals surface area (Å²) in [5, 5.41) is 2.80. The molecule has 0 radical (unpaired) electrons. The van der Waals surface area contributed by atoms with Crippen molar-refractivity contribution in [1.82, 2.24) is 5.32 Å². The molecule has 0 saturated carbocycles. The van der Waals surface area contributed by atoms with Crippen molar-refractivity contribution < 1.29 is 23.5 Å². The van der Waals surface area contributed by atoms with Crippen LogP contribution in [0, 0.1) is 5.82 Å². The normalized spacial score (nSPS) is 14.6. The number of hydrogen-bond donors (Lipinski definition) is 1. The van der Waals surface area contributed by atoms with Gasteiger partial charge in [-0.1, -0.05) is 18.2 Å². The van der Waals surface area contributed by atoms with Crippen LogP contribution < -0.4 is 19.7 Å². The number of ether oxygens (including phenoxy) is 2. The van der Waals surface area contributed by atoms with Crippen molar-refractivity contribution in [2.24, 2.45) is 0 Å². The zero-order chi connectivity index (χ0) is 19.4. The minimum atomic E-state index is -0.495. The van der Waals surface area contributed by atoms with Gasteiger partial charge in [-0.25, -0.2) is 4.39 Å². The van der Waals surface area contributed by atoms with E-state index in [-0.39, 0.29) is 37.1 Å². The van der Waals surface area contributed by atoms with E-state index in [1.807, 2.05) is 6.07 Å². The molecular formula is C20H21FN2O4. The Balaban J connectivity index is 1.71. The number of hydrogen-bond acceptors (Lipinski definition) is 4. The molecule has 2 aromatic carbocycles. The highest BCUT2D eigenvalue weighted by Crippen LogP contribution is 2.30. The minimum Gasteiger partial charge on any atom is -0.494 e. The monoisotopic (exact) mass is 372 g/mol. The summed E-state index contributed by atoms with van der Waals surface area (Å²) in [6.45, 7) is 1.89. The van der Waals surface area contributed by atoms with Crippen molar-refractivity contribution in [3.05, 3.63) is 53.8 Å². The smallest absolute Gasteiger partial charge is 0.240 e. The van der Waals surface area contributed by atoms with Crippen LogP contribution in [0.3, 0.4) is 0 Å². The molecule has 2 amide bonds. The Hall–Kier alpha value is -3.09. The lowest BCUT2D eigenvalue weighted by Gasteiger charge is -2.23. The molecule has 6 nitrogen and oxygen atoms in total. The van der Waals surface area contributed by atoms with Crippen molar-refractivity contribution in [3.63, 3.8) is 0 Å². The Bertz CT molecular complexity index is 856. The van der Waals surface area contributed by atoms with Crippen LogP contribution in [0.5, 0.6) is 11.5 Å². The second kappa shape index (κ2) is 8.07. The fourth-order valence-corrected chi connectivity index (χ4v) is 2.96. The predicted octanol–water partition coefficient (Wildman–Crippen LogP) is 2.83. The van der Waals surface area contributed by atoms with E-state index in [9.17, 15) is 14.0 Å². The van der Waals surface area contributed by atoms with E-state index in [0.717, 1.165) is 0 Å². The van der Waals surface area contributed by atoms with Gasteiger partial charge in [0.15, 0.2) is 11.6 Å². The maximum atomic E-state index is 13.9. The number of anilines is 1. The summed E-state index contributed by atoms with van der Waals surface area (Å²) < 4.78 is 24.3. The molecule has 0 aromatic heterocycles. The highest BCUT2D eigenvalue weighted by atomic mass is 19.1. The average molecular weight is 372 g/mol. The van der Waals surface area contributed by atoms with Crippen LogP contribution in [0.25, 0.3) is 0 Å². The van der Waals surface area contributed by atoms with Crippen molar-refractivity contribution >= 4 is 17.5 Å². The number of carbonyl (C=O) groups is 2. The van der Waals surface area contributed by atoms with E-state index in [4.69, 9.17) is 9.47 Å². The van der Waals surface area contributed by atoms with Gasteiger partial charge in [-0.15, -0.1) is 0 Å². The summed E-state index contributed by atoms with van der Waals surface area (Å²) in [6.07, 6.45) is 0.196. The second-order valence-electron chi connectivity index (χ2n) is 6.23. The first-order valence-corrected chi connectivity index (χ1v) is 8.64. The number of rotatable bonds is 5. The Morgan fingerprint density at radius 1 is 1.33 bits per heavy atom. The summed E-state index contributed by atoms with van der Waals surface area (Å²) in [5.41, 5.74) is 1.17. The first kappa shape index (κ1) is 18.7. The minimum absolute atomic E-state index is 0.137. The van der Waals surface area contributed by atoms with Crippen LogP contribution in [0.4, 0.5) is 10.1 Å². The second-order valence-corrected chi connectivity index (χ2v) is 6.23. The van der Waals surface area contributed by atoms with Gasteiger partial charge in [-0.05, 0) is 36.8 Å². The first-order valence-electron chi connectivity index (χ1n) is 8.64. The van der Waals surface area contributed by atoms with Crippen molar-refractivity contribution in [2.45, 2.75) is 19.4 Å². The van der Waals surface area contributed by atoms with Gasteiger partial charge in [-0.2, -0.15) is 0 Å². The number of halogens is 1. The molecule has 7 heteroatoms. The number of amides is 2. The summed E-state index contributed by atoms with van der Waals surface area (Å²) in [7, 11) is 1.39. The number of nitrogens with one attached hydrogen (secondary N) is 1. The quantitative estimate of drug-likeness (QED) is 0.876. The topological polar surface area (TPSA) is 67.9 Å². The molecule has 0 bridgehead atoms. The molecule has 1 atom stereocenters. The van der Waals surface area contributed by atoms with Crippen molar-refractivity contribution in [1.29, 1.82) is 0 Å². The maximum absolute atomic E-state index is 13.9. The fraction of sp³-hybridized carbons (Fsp3) is 0.300. The van der Waals surface area contributed by atoms with Crippen molar-refractivity contribution in [2.75, 3.05) is 25.2 Å². The first-order chi connectivity index (χ1) is 13.0. The summed E-state index contributed by atoms with van der Waals surface area (Å²) in [6, 6.07) is 11.2. The molecule has 0 fully saturated rings. The molecule has 1 heterocycles. The van der Waals surface area contributed by atoms with E-state index in [1.165, 1.54) is 24.1 Å². The van der Waals surface area contributed by atoms with Gasteiger partial charge in [0.2, 0.25) is 11.8 Å². The van der Waals surface area contributed by atoms with Gasteiger partial charge in [0.05, 0.1) is 31.9 Å². The third kappa shape index (κ3) is 4.19. The van der Waals surface area contributed by atoms with E-state index in [2.05, 4.69) is 5.32 Å². The summed E-state index contributed by atoms with van der Waals surface area (Å²) in [4.78, 5) is 26.3. The van der Waals surface area contributed by atoms with Gasteiger partial charge in [0, 0.05) is 0 Å². The molecule has 3 rings (SSSR count). The van der Waals surface area contributed by atoms with Gasteiger partial charge in [0.25, 0.3) is 0 Å². The number of para-hydroxylation sites is 2. The molecule has 142 valence electrons. The third-order valence-corrected chi connectivity index (χ3v) is 4.39. The lowest BCUT2D eigenvalue weighted by Crippen LogP contribution is -2.41.